The van der Waals surface area contributed by atoms with Gasteiger partial charge in [-0.15, -0.1) is 0 Å². The highest BCUT2D eigenvalue weighted by Crippen LogP contribution is 2.20. The number of aryl methyl sites for hydroxylation is 3. The fourth-order valence-corrected chi connectivity index (χ4v) is 2.20. The van der Waals surface area contributed by atoms with Crippen LogP contribution < -0.4 is 5.32 Å². The molecule has 1 aromatic heterocycles. The zero-order chi connectivity index (χ0) is 14.9. The molecule has 0 fully saturated rings. The van der Waals surface area contributed by atoms with Gasteiger partial charge in [-0.25, -0.2) is 4.79 Å². The molecule has 0 aliphatic heterocycles. The van der Waals surface area contributed by atoms with Crippen molar-refractivity contribution in [2.45, 2.75) is 27.3 Å². The first-order chi connectivity index (χ1) is 9.40. The zero-order valence-corrected chi connectivity index (χ0v) is 12.2. The SMILES string of the molecule is Cc1ccc(C(=O)O)cc1NCc1c(C)nn(C)c1C. The van der Waals surface area contributed by atoms with Crippen LogP contribution in [0.5, 0.6) is 0 Å². The number of carboxylic acid groups (broad SMARTS) is 1. The van der Waals surface area contributed by atoms with E-state index in [1.807, 2.05) is 38.6 Å². The molecule has 0 unspecified atom stereocenters. The maximum atomic E-state index is 11.0. The summed E-state index contributed by atoms with van der Waals surface area (Å²) < 4.78 is 1.85. The van der Waals surface area contributed by atoms with Crippen molar-refractivity contribution >= 4 is 11.7 Å². The second-order valence-electron chi connectivity index (χ2n) is 4.96. The molecule has 2 N–H and O–H groups in total. The van der Waals surface area contributed by atoms with Crippen LogP contribution in [0.4, 0.5) is 5.69 Å². The third kappa shape index (κ3) is 2.66. The van der Waals surface area contributed by atoms with Crippen molar-refractivity contribution in [1.82, 2.24) is 9.78 Å². The van der Waals surface area contributed by atoms with E-state index in [1.165, 1.54) is 0 Å². The molecule has 0 saturated heterocycles. The van der Waals surface area contributed by atoms with Crippen molar-refractivity contribution < 1.29 is 9.90 Å². The molecule has 106 valence electrons. The quantitative estimate of drug-likeness (QED) is 0.898. The molecule has 0 atom stereocenters. The van der Waals surface area contributed by atoms with Gasteiger partial charge >= 0.3 is 5.97 Å². The van der Waals surface area contributed by atoms with Gasteiger partial charge in [-0.2, -0.15) is 5.10 Å². The summed E-state index contributed by atoms with van der Waals surface area (Å²) in [7, 11) is 1.92. The third-order valence-corrected chi connectivity index (χ3v) is 3.60. The molecule has 0 radical (unpaired) electrons. The highest BCUT2D eigenvalue weighted by molar-refractivity contribution is 5.89. The molecule has 2 rings (SSSR count). The lowest BCUT2D eigenvalue weighted by Crippen LogP contribution is -2.05. The van der Waals surface area contributed by atoms with Crippen LogP contribution in [0.3, 0.4) is 0 Å². The Morgan fingerprint density at radius 2 is 2.05 bits per heavy atom. The van der Waals surface area contributed by atoms with Crippen LogP contribution in [0.2, 0.25) is 0 Å². The number of carboxylic acids is 1. The number of benzene rings is 1. The number of carbonyl (C=O) groups is 1. The normalized spacial score (nSPS) is 10.6. The summed E-state index contributed by atoms with van der Waals surface area (Å²) in [5.41, 5.74) is 5.40. The van der Waals surface area contributed by atoms with Crippen molar-refractivity contribution in [2.75, 3.05) is 5.32 Å². The van der Waals surface area contributed by atoms with Gasteiger partial charge in [0.1, 0.15) is 0 Å². The van der Waals surface area contributed by atoms with Crippen molar-refractivity contribution in [2.24, 2.45) is 7.05 Å². The first-order valence-corrected chi connectivity index (χ1v) is 6.47. The van der Waals surface area contributed by atoms with E-state index in [0.29, 0.717) is 6.54 Å². The number of nitrogens with zero attached hydrogens (tertiary/aromatic N) is 2. The molecule has 20 heavy (non-hydrogen) atoms. The summed E-state index contributed by atoms with van der Waals surface area (Å²) in [5.74, 6) is -0.915. The Bertz CT molecular complexity index is 659. The highest BCUT2D eigenvalue weighted by Gasteiger charge is 2.10. The van der Waals surface area contributed by atoms with Crippen LogP contribution in [0.15, 0.2) is 18.2 Å². The van der Waals surface area contributed by atoms with E-state index in [2.05, 4.69) is 10.4 Å². The Labute approximate surface area is 118 Å². The van der Waals surface area contributed by atoms with Crippen LogP contribution in [0, 0.1) is 20.8 Å². The third-order valence-electron chi connectivity index (χ3n) is 3.60. The average Bonchev–Trinajstić information content (AvgIpc) is 2.63. The second kappa shape index (κ2) is 5.36. The van der Waals surface area contributed by atoms with Crippen molar-refractivity contribution in [3.05, 3.63) is 46.3 Å². The molecule has 0 bridgehead atoms. The van der Waals surface area contributed by atoms with E-state index in [-0.39, 0.29) is 5.56 Å². The van der Waals surface area contributed by atoms with Crippen LogP contribution in [-0.2, 0) is 13.6 Å². The molecular formula is C15H19N3O2. The summed E-state index contributed by atoms with van der Waals surface area (Å²) in [6.45, 7) is 6.59. The zero-order valence-electron chi connectivity index (χ0n) is 12.2. The molecule has 5 nitrogen and oxygen atoms in total. The smallest absolute Gasteiger partial charge is 0.335 e. The van der Waals surface area contributed by atoms with Crippen LogP contribution in [0.25, 0.3) is 0 Å². The molecule has 0 amide bonds. The predicted octanol–water partition coefficient (Wildman–Crippen LogP) is 2.66. The van der Waals surface area contributed by atoms with Gasteiger partial charge in [0.15, 0.2) is 0 Å². The maximum absolute atomic E-state index is 11.0. The Kier molecular flexibility index (Phi) is 3.79. The Balaban J connectivity index is 2.22. The van der Waals surface area contributed by atoms with Gasteiger partial charge in [0.25, 0.3) is 0 Å². The summed E-state index contributed by atoms with van der Waals surface area (Å²) in [6, 6.07) is 5.09. The summed E-state index contributed by atoms with van der Waals surface area (Å²) in [4.78, 5) is 11.0. The van der Waals surface area contributed by atoms with E-state index < -0.39 is 5.97 Å². The number of aromatic nitrogens is 2. The topological polar surface area (TPSA) is 67.2 Å². The molecule has 0 spiro atoms. The summed E-state index contributed by atoms with van der Waals surface area (Å²) >= 11 is 0. The first-order valence-electron chi connectivity index (χ1n) is 6.47. The van der Waals surface area contributed by atoms with E-state index in [9.17, 15) is 4.79 Å². The van der Waals surface area contributed by atoms with Gasteiger partial charge in [-0.05, 0) is 38.5 Å². The average molecular weight is 273 g/mol. The van der Waals surface area contributed by atoms with Gasteiger partial charge in [-0.3, -0.25) is 4.68 Å². The van der Waals surface area contributed by atoms with Gasteiger partial charge in [-0.1, -0.05) is 6.07 Å². The van der Waals surface area contributed by atoms with E-state index >= 15 is 0 Å². The van der Waals surface area contributed by atoms with Crippen molar-refractivity contribution in [1.29, 1.82) is 0 Å². The summed E-state index contributed by atoms with van der Waals surface area (Å²) in [6.07, 6.45) is 0. The van der Waals surface area contributed by atoms with Crippen LogP contribution in [0.1, 0.15) is 32.9 Å². The Morgan fingerprint density at radius 3 is 2.60 bits per heavy atom. The molecule has 0 aliphatic rings. The van der Waals surface area contributed by atoms with Gasteiger partial charge in [0.2, 0.25) is 0 Å². The van der Waals surface area contributed by atoms with Crippen molar-refractivity contribution in [3.8, 4) is 0 Å². The number of hydrogen-bond acceptors (Lipinski definition) is 3. The maximum Gasteiger partial charge on any atom is 0.335 e. The van der Waals surface area contributed by atoms with Crippen LogP contribution >= 0.6 is 0 Å². The fourth-order valence-electron chi connectivity index (χ4n) is 2.20. The van der Waals surface area contributed by atoms with E-state index in [0.717, 1.165) is 28.2 Å². The minimum absolute atomic E-state index is 0.290. The molecule has 1 heterocycles. The molecular weight excluding hydrogens is 254 g/mol. The lowest BCUT2D eigenvalue weighted by Gasteiger charge is -2.11. The lowest BCUT2D eigenvalue weighted by atomic mass is 10.1. The Morgan fingerprint density at radius 1 is 1.35 bits per heavy atom. The van der Waals surface area contributed by atoms with E-state index in [4.69, 9.17) is 5.11 Å². The van der Waals surface area contributed by atoms with Gasteiger partial charge in [0, 0.05) is 30.5 Å². The minimum atomic E-state index is -0.915. The molecule has 0 aliphatic carbocycles. The molecule has 0 saturated carbocycles. The first kappa shape index (κ1) is 14.1. The fraction of sp³-hybridized carbons (Fsp3) is 0.333. The number of hydrogen-bond donors (Lipinski definition) is 2. The van der Waals surface area contributed by atoms with Gasteiger partial charge < -0.3 is 10.4 Å². The minimum Gasteiger partial charge on any atom is -0.478 e. The lowest BCUT2D eigenvalue weighted by molar-refractivity contribution is 0.0697. The van der Waals surface area contributed by atoms with Gasteiger partial charge in [0.05, 0.1) is 11.3 Å². The number of nitrogens with one attached hydrogen (secondary N) is 1. The monoisotopic (exact) mass is 273 g/mol. The second-order valence-corrected chi connectivity index (χ2v) is 4.96. The number of aromatic carboxylic acids is 1. The predicted molar refractivity (Wildman–Crippen MR) is 78.1 cm³/mol. The number of rotatable bonds is 4. The van der Waals surface area contributed by atoms with E-state index in [1.54, 1.807) is 12.1 Å². The highest BCUT2D eigenvalue weighted by atomic mass is 16.4. The largest absolute Gasteiger partial charge is 0.478 e. The standard InChI is InChI=1S/C15H19N3O2/c1-9-5-6-12(15(19)20)7-14(9)16-8-13-10(2)17-18(4)11(13)3/h5-7,16H,8H2,1-4H3,(H,19,20). The molecule has 2 aromatic rings. The number of anilines is 1. The van der Waals surface area contributed by atoms with Crippen molar-refractivity contribution in [3.63, 3.8) is 0 Å². The molecule has 1 aromatic carbocycles. The summed E-state index contributed by atoms with van der Waals surface area (Å²) in [5, 5.41) is 16.7. The van der Waals surface area contributed by atoms with Crippen LogP contribution in [-0.4, -0.2) is 20.9 Å². The Hall–Kier alpha value is -2.30. The molecule has 5 heteroatoms.